The largest absolute Gasteiger partial charge is 0.480 e. The van der Waals surface area contributed by atoms with E-state index in [1.165, 1.54) is 0 Å². The number of carbonyl (C=O) groups excluding carboxylic acids is 3. The summed E-state index contributed by atoms with van der Waals surface area (Å²) in [5.74, 6) is -4.33. The highest BCUT2D eigenvalue weighted by Crippen LogP contribution is 2.04. The maximum absolute atomic E-state index is 12.0. The normalized spacial score (nSPS) is 13.9. The number of hydrogen-bond donors (Lipinski definition) is 5. The van der Waals surface area contributed by atoms with Gasteiger partial charge in [0, 0.05) is 24.8 Å². The molecule has 0 fully saturated rings. The monoisotopic (exact) mass is 444 g/mol. The predicted molar refractivity (Wildman–Crippen MR) is 114 cm³/mol. The number of hydrogen-bond acceptors (Lipinski definition) is 7. The number of unbranched alkanes of at least 4 members (excludes halogenated alkanes) is 2. The van der Waals surface area contributed by atoms with Gasteiger partial charge in [0.15, 0.2) is 5.78 Å². The third kappa shape index (κ3) is 13.5. The lowest BCUT2D eigenvalue weighted by molar-refractivity contribution is -0.139. The Morgan fingerprint density at radius 1 is 1.17 bits per heavy atom. The summed E-state index contributed by atoms with van der Waals surface area (Å²) in [6, 6.07) is -2.62. The molecule has 0 aliphatic rings. The summed E-state index contributed by atoms with van der Waals surface area (Å²) in [7, 11) is 0. The molecule has 4 N–H and O–H groups in total. The summed E-state index contributed by atoms with van der Waals surface area (Å²) >= 11 is 3.93. The number of aliphatic imine (C=N–C) groups is 1. The van der Waals surface area contributed by atoms with Crippen molar-refractivity contribution in [2.75, 3.05) is 12.3 Å². The lowest BCUT2D eigenvalue weighted by Gasteiger charge is -2.16. The smallest absolute Gasteiger partial charge is 0.328 e. The Hall–Kier alpha value is -2.69. The fourth-order valence-corrected chi connectivity index (χ4v) is 2.42. The van der Waals surface area contributed by atoms with Gasteiger partial charge in [-0.15, -0.1) is 0 Å². The number of aliphatic carboxylic acids is 2. The maximum atomic E-state index is 12.0. The lowest BCUT2D eigenvalue weighted by Crippen LogP contribution is -2.49. The van der Waals surface area contributed by atoms with Crippen LogP contribution in [0.2, 0.25) is 0 Å². The minimum absolute atomic E-state index is 0.0823. The number of rotatable bonds is 16. The molecule has 2 atom stereocenters. The highest BCUT2D eigenvalue weighted by molar-refractivity contribution is 7.80. The van der Waals surface area contributed by atoms with Crippen LogP contribution in [-0.2, 0) is 24.0 Å². The van der Waals surface area contributed by atoms with E-state index in [0.717, 1.165) is 25.1 Å². The van der Waals surface area contributed by atoms with Crippen LogP contribution in [0.1, 0.15) is 46.8 Å². The molecule has 2 amide bonds. The Morgan fingerprint density at radius 3 is 2.43 bits per heavy atom. The van der Waals surface area contributed by atoms with Gasteiger partial charge in [0.25, 0.3) is 0 Å². The molecule has 0 aromatic heterocycles. The number of amides is 2. The zero-order valence-electron chi connectivity index (χ0n) is 17.8. The zero-order valence-corrected chi connectivity index (χ0v) is 17.7. The van der Waals surface area contributed by atoms with Crippen molar-refractivity contribution >= 4 is 48.4 Å². The first-order valence-electron chi connectivity index (χ1n) is 9.98. The van der Waals surface area contributed by atoms with E-state index in [0.29, 0.717) is 6.42 Å². The van der Waals surface area contributed by atoms with E-state index < -0.39 is 42.4 Å². The van der Waals surface area contributed by atoms with Crippen LogP contribution in [0.4, 0.5) is 0 Å². The summed E-state index contributed by atoms with van der Waals surface area (Å²) < 4.78 is 7.66. The van der Waals surface area contributed by atoms with Gasteiger partial charge in [-0.1, -0.05) is 19.8 Å². The molecule has 30 heavy (non-hydrogen) atoms. The van der Waals surface area contributed by atoms with Gasteiger partial charge < -0.3 is 20.8 Å². The van der Waals surface area contributed by atoms with E-state index in [4.69, 9.17) is 6.48 Å². The molecule has 0 saturated carbocycles. The van der Waals surface area contributed by atoms with Crippen molar-refractivity contribution in [3.8, 4) is 0 Å². The van der Waals surface area contributed by atoms with Gasteiger partial charge in [0.05, 0.1) is 1.37 Å². The Kier molecular flexibility index (Phi) is 13.6. The number of thiol groups is 1. The maximum Gasteiger partial charge on any atom is 0.328 e. The molecule has 168 valence electrons. The van der Waals surface area contributed by atoms with Crippen molar-refractivity contribution < 1.29 is 35.6 Å². The molecule has 0 spiro atoms. The number of ketones is 1. The number of nitrogens with zero attached hydrogens (tertiary/aromatic N) is 1. The van der Waals surface area contributed by atoms with Crippen LogP contribution in [0.25, 0.3) is 0 Å². The van der Waals surface area contributed by atoms with Crippen LogP contribution in [0, 0.1) is 0 Å². The molecule has 0 bridgehead atoms. The SMILES string of the molecule is [2H]/C(=C\C=N[C@@H](CCC(=O)N[C@H](CS)C(=O)NCC(=O)O)C(=O)O)C(=O)CCCCC. The summed E-state index contributed by atoms with van der Waals surface area (Å²) in [5, 5.41) is 22.2. The van der Waals surface area contributed by atoms with Crippen LogP contribution >= 0.6 is 12.6 Å². The van der Waals surface area contributed by atoms with Gasteiger partial charge in [0.1, 0.15) is 18.6 Å². The van der Waals surface area contributed by atoms with Crippen molar-refractivity contribution in [1.82, 2.24) is 10.6 Å². The molecule has 0 heterocycles. The average Bonchev–Trinajstić information content (AvgIpc) is 2.72. The van der Waals surface area contributed by atoms with Crippen LogP contribution in [0.15, 0.2) is 17.1 Å². The van der Waals surface area contributed by atoms with Crippen molar-refractivity contribution in [1.29, 1.82) is 0 Å². The summed E-state index contributed by atoms with van der Waals surface area (Å²) in [6.07, 6.45) is 4.48. The second kappa shape index (κ2) is 16.1. The average molecular weight is 445 g/mol. The molecule has 0 saturated heterocycles. The molecule has 0 aromatic carbocycles. The number of carboxylic acids is 2. The van der Waals surface area contributed by atoms with Gasteiger partial charge in [-0.25, -0.2) is 4.79 Å². The van der Waals surface area contributed by atoms with Gasteiger partial charge in [-0.05, 0) is 25.0 Å². The quantitative estimate of drug-likeness (QED) is 0.101. The van der Waals surface area contributed by atoms with Crippen LogP contribution in [-0.4, -0.2) is 70.3 Å². The highest BCUT2D eigenvalue weighted by Gasteiger charge is 2.22. The number of carbonyl (C=O) groups is 5. The van der Waals surface area contributed by atoms with Crippen molar-refractivity contribution in [2.45, 2.75) is 57.5 Å². The Morgan fingerprint density at radius 2 is 1.87 bits per heavy atom. The molecule has 10 nitrogen and oxygen atoms in total. The Labute approximate surface area is 182 Å². The van der Waals surface area contributed by atoms with Crippen LogP contribution in [0.3, 0.4) is 0 Å². The standard InChI is InChI=1S/C19H29N3O7S/c1-2-3-4-6-13(23)7-5-10-20-14(19(28)29)8-9-16(24)22-15(12-30)18(27)21-11-17(25)26/h5,7,10,14-15,30H,2-4,6,8-9,11-12H2,1H3,(H,21,27)(H,22,24)(H,25,26)(H,28,29)/b7-5+,20-10?/t14-,15+/m0/s1/i7D. The molecule has 11 heteroatoms. The van der Waals surface area contributed by atoms with Crippen LogP contribution in [0.5, 0.6) is 0 Å². The fourth-order valence-electron chi connectivity index (χ4n) is 2.16. The summed E-state index contributed by atoms with van der Waals surface area (Å²) in [4.78, 5) is 61.1. The molecule has 0 unspecified atom stereocenters. The summed E-state index contributed by atoms with van der Waals surface area (Å²) in [6.45, 7) is 1.38. The Balaban J connectivity index is 4.71. The van der Waals surface area contributed by atoms with E-state index in [9.17, 15) is 29.1 Å². The predicted octanol–water partition coefficient (Wildman–Crippen LogP) is 0.612. The molecule has 0 rings (SSSR count). The molecule has 0 aromatic rings. The summed E-state index contributed by atoms with van der Waals surface area (Å²) in [5.41, 5.74) is 0. The topological polar surface area (TPSA) is 162 Å². The highest BCUT2D eigenvalue weighted by atomic mass is 32.1. The van der Waals surface area contributed by atoms with E-state index in [-0.39, 0.29) is 36.9 Å². The van der Waals surface area contributed by atoms with Gasteiger partial charge >= 0.3 is 11.9 Å². The number of carboxylic acid groups (broad SMARTS) is 2. The lowest BCUT2D eigenvalue weighted by atomic mass is 10.1. The second-order valence-corrected chi connectivity index (χ2v) is 6.66. The zero-order chi connectivity index (χ0) is 23.8. The molecule has 0 aliphatic carbocycles. The molecular formula is C19H29N3O7S. The van der Waals surface area contributed by atoms with Gasteiger partial charge in [0.2, 0.25) is 11.8 Å². The van der Waals surface area contributed by atoms with Gasteiger partial charge in [-0.2, -0.15) is 12.6 Å². The first kappa shape index (κ1) is 25.3. The van der Waals surface area contributed by atoms with Crippen molar-refractivity contribution in [2.24, 2.45) is 4.99 Å². The third-order valence-corrected chi connectivity index (χ3v) is 4.14. The first-order chi connectivity index (χ1) is 14.6. The third-order valence-electron chi connectivity index (χ3n) is 3.77. The first-order valence-corrected chi connectivity index (χ1v) is 10.1. The molecule has 0 aliphatic heterocycles. The Bertz CT molecular complexity index is 713. The second-order valence-electron chi connectivity index (χ2n) is 6.30. The van der Waals surface area contributed by atoms with Gasteiger partial charge in [-0.3, -0.25) is 24.2 Å². The minimum atomic E-state index is -1.29. The van der Waals surface area contributed by atoms with Crippen molar-refractivity contribution in [3.63, 3.8) is 0 Å². The van der Waals surface area contributed by atoms with E-state index in [2.05, 4.69) is 28.3 Å². The molecule has 0 radical (unpaired) electrons. The molecular weight excluding hydrogens is 414 g/mol. The van der Waals surface area contributed by atoms with Crippen molar-refractivity contribution in [3.05, 3.63) is 12.1 Å². The number of nitrogens with one attached hydrogen (secondary N) is 2. The van der Waals surface area contributed by atoms with E-state index in [1.54, 1.807) is 0 Å². The van der Waals surface area contributed by atoms with Crippen LogP contribution < -0.4 is 10.6 Å². The number of allylic oxidation sites excluding steroid dienone is 2. The fraction of sp³-hybridized carbons (Fsp3) is 0.579. The van der Waals surface area contributed by atoms with E-state index >= 15 is 0 Å². The van der Waals surface area contributed by atoms with E-state index in [1.807, 2.05) is 6.92 Å². The minimum Gasteiger partial charge on any atom is -0.480 e.